The molecule has 23 heavy (non-hydrogen) atoms. The summed E-state index contributed by atoms with van der Waals surface area (Å²) in [4.78, 5) is 13.8. The maximum atomic E-state index is 11.4. The lowest BCUT2D eigenvalue weighted by molar-refractivity contribution is -0.0453. The van der Waals surface area contributed by atoms with Gasteiger partial charge in [0.05, 0.1) is 0 Å². The van der Waals surface area contributed by atoms with E-state index in [9.17, 15) is 15.0 Å². The zero-order valence-electron chi connectivity index (χ0n) is 12.8. The summed E-state index contributed by atoms with van der Waals surface area (Å²) in [7, 11) is 2.11. The summed E-state index contributed by atoms with van der Waals surface area (Å²) in [5.74, 6) is 0.665. The Morgan fingerprint density at radius 3 is 3.04 bits per heavy atom. The third-order valence-electron chi connectivity index (χ3n) is 6.39. The predicted molar refractivity (Wildman–Crippen MR) is 82.4 cm³/mol. The minimum Gasteiger partial charge on any atom is -0.504 e. The first-order valence-electron chi connectivity index (χ1n) is 8.08. The molecular weight excluding hydrogens is 294 g/mol. The monoisotopic (exact) mass is 312 g/mol. The molecule has 2 heterocycles. The number of phenolic OH excluding ortho intramolecular Hbond substituents is 1. The summed E-state index contributed by atoms with van der Waals surface area (Å²) in [5, 5.41) is 20.8. The molecule has 0 saturated carbocycles. The molecule has 0 amide bonds. The molecule has 2 aliphatic heterocycles. The number of piperidine rings is 1. The molecule has 4 aliphatic rings. The Labute approximate surface area is 134 Å². The van der Waals surface area contributed by atoms with Crippen molar-refractivity contribution in [3.63, 3.8) is 0 Å². The van der Waals surface area contributed by atoms with E-state index < -0.39 is 12.2 Å². The van der Waals surface area contributed by atoms with Crippen LogP contribution in [0.5, 0.6) is 11.5 Å². The summed E-state index contributed by atoms with van der Waals surface area (Å²) < 4.78 is 6.06. The van der Waals surface area contributed by atoms with Gasteiger partial charge in [-0.3, -0.25) is 4.79 Å². The molecule has 1 radical (unpaired) electrons. The van der Waals surface area contributed by atoms with Crippen molar-refractivity contribution in [2.24, 2.45) is 5.92 Å². The summed E-state index contributed by atoms with van der Waals surface area (Å²) in [6, 6.07) is 1.72. The van der Waals surface area contributed by atoms with Crippen LogP contribution in [0, 0.1) is 5.92 Å². The molecule has 2 bridgehead atoms. The highest BCUT2D eigenvalue weighted by molar-refractivity contribution is 5.82. The molecule has 1 aromatic carbocycles. The lowest BCUT2D eigenvalue weighted by atomic mass is 9.53. The first kappa shape index (κ1) is 13.6. The average molecular weight is 312 g/mol. The van der Waals surface area contributed by atoms with Crippen LogP contribution in [-0.2, 0) is 16.6 Å². The number of likely N-dealkylation sites (tertiary alicyclic amines) is 1. The average Bonchev–Trinajstić information content (AvgIpc) is 2.89. The molecule has 5 nitrogen and oxygen atoms in total. The molecule has 0 unspecified atom stereocenters. The van der Waals surface area contributed by atoms with Crippen LogP contribution in [0.15, 0.2) is 18.2 Å². The highest BCUT2D eigenvalue weighted by Crippen LogP contribution is 2.62. The summed E-state index contributed by atoms with van der Waals surface area (Å²) in [6.07, 6.45) is 6.41. The van der Waals surface area contributed by atoms with Crippen LogP contribution in [0.1, 0.15) is 23.1 Å². The van der Waals surface area contributed by atoms with Crippen molar-refractivity contribution in [3.05, 3.63) is 34.9 Å². The molecular formula is C18H18NO4. The number of likely N-dealkylation sites (N-methyl/N-ethyl adjacent to an activating group) is 1. The normalized spacial score (nSPS) is 39.7. The SMILES string of the molecule is CN1CC[C@]23c4c5c([C]=O)cc(O)c4O[C@H]2[C@@H](O)C=C[C@H]3[C@H]1C5. The largest absolute Gasteiger partial charge is 0.504 e. The van der Waals surface area contributed by atoms with Gasteiger partial charge < -0.3 is 19.8 Å². The zero-order valence-corrected chi connectivity index (χ0v) is 12.8. The lowest BCUT2D eigenvalue weighted by Crippen LogP contribution is -2.64. The van der Waals surface area contributed by atoms with Gasteiger partial charge in [-0.25, -0.2) is 0 Å². The van der Waals surface area contributed by atoms with E-state index in [1.807, 2.05) is 12.4 Å². The van der Waals surface area contributed by atoms with E-state index in [2.05, 4.69) is 18.0 Å². The molecule has 5 atom stereocenters. The first-order valence-corrected chi connectivity index (χ1v) is 8.08. The van der Waals surface area contributed by atoms with Crippen molar-refractivity contribution in [1.29, 1.82) is 0 Å². The molecule has 1 spiro atoms. The number of benzene rings is 1. The second-order valence-electron chi connectivity index (χ2n) is 7.21. The van der Waals surface area contributed by atoms with Gasteiger partial charge in [0.2, 0.25) is 6.29 Å². The Morgan fingerprint density at radius 2 is 2.26 bits per heavy atom. The molecule has 1 aromatic rings. The Morgan fingerprint density at radius 1 is 1.43 bits per heavy atom. The van der Waals surface area contributed by atoms with E-state index in [-0.39, 0.29) is 23.1 Å². The Balaban J connectivity index is 1.87. The number of carbonyl (C=O) groups excluding carboxylic acids is 1. The van der Waals surface area contributed by atoms with E-state index in [1.54, 1.807) is 0 Å². The van der Waals surface area contributed by atoms with Gasteiger partial charge in [0.1, 0.15) is 12.2 Å². The van der Waals surface area contributed by atoms with Crippen LogP contribution in [0.4, 0.5) is 0 Å². The Kier molecular flexibility index (Phi) is 2.46. The molecule has 5 heteroatoms. The van der Waals surface area contributed by atoms with Crippen molar-refractivity contribution in [2.45, 2.75) is 36.5 Å². The van der Waals surface area contributed by atoms with Crippen LogP contribution in [0.3, 0.4) is 0 Å². The minimum atomic E-state index is -0.697. The van der Waals surface area contributed by atoms with Gasteiger partial charge in [-0.05, 0) is 38.1 Å². The molecule has 1 fully saturated rings. The number of nitrogens with zero attached hydrogens (tertiary/aromatic N) is 1. The van der Waals surface area contributed by atoms with Gasteiger partial charge in [0, 0.05) is 28.5 Å². The number of ether oxygens (including phenoxy) is 1. The van der Waals surface area contributed by atoms with E-state index >= 15 is 0 Å². The van der Waals surface area contributed by atoms with Crippen LogP contribution in [-0.4, -0.2) is 53.2 Å². The van der Waals surface area contributed by atoms with Crippen LogP contribution in [0.2, 0.25) is 0 Å². The van der Waals surface area contributed by atoms with E-state index in [1.165, 1.54) is 6.07 Å². The van der Waals surface area contributed by atoms with Crippen molar-refractivity contribution >= 4 is 6.29 Å². The fourth-order valence-electron chi connectivity index (χ4n) is 5.41. The molecule has 2 N–H and O–H groups in total. The lowest BCUT2D eigenvalue weighted by Gasteiger charge is -2.56. The number of hydrogen-bond donors (Lipinski definition) is 2. The summed E-state index contributed by atoms with van der Waals surface area (Å²) >= 11 is 0. The molecule has 119 valence electrons. The third kappa shape index (κ3) is 1.39. The second kappa shape index (κ2) is 4.16. The molecule has 1 saturated heterocycles. The smallest absolute Gasteiger partial charge is 0.233 e. The van der Waals surface area contributed by atoms with Gasteiger partial charge in [-0.2, -0.15) is 0 Å². The molecule has 5 rings (SSSR count). The van der Waals surface area contributed by atoms with Gasteiger partial charge >= 0.3 is 0 Å². The maximum Gasteiger partial charge on any atom is 0.233 e. The maximum absolute atomic E-state index is 11.4. The quantitative estimate of drug-likeness (QED) is 0.746. The highest BCUT2D eigenvalue weighted by Gasteiger charge is 2.64. The van der Waals surface area contributed by atoms with E-state index in [0.717, 1.165) is 30.5 Å². The number of aliphatic hydroxyl groups excluding tert-OH is 1. The van der Waals surface area contributed by atoms with Gasteiger partial charge in [0.25, 0.3) is 0 Å². The number of aliphatic hydroxyl groups is 1. The van der Waals surface area contributed by atoms with Crippen molar-refractivity contribution in [3.8, 4) is 11.5 Å². The van der Waals surface area contributed by atoms with Crippen LogP contribution < -0.4 is 4.74 Å². The van der Waals surface area contributed by atoms with Crippen molar-refractivity contribution < 1.29 is 19.7 Å². The van der Waals surface area contributed by atoms with Crippen LogP contribution >= 0.6 is 0 Å². The van der Waals surface area contributed by atoms with E-state index in [0.29, 0.717) is 11.3 Å². The van der Waals surface area contributed by atoms with Crippen LogP contribution in [0.25, 0.3) is 0 Å². The second-order valence-corrected chi connectivity index (χ2v) is 7.21. The first-order chi connectivity index (χ1) is 11.1. The minimum absolute atomic E-state index is 0.0193. The summed E-state index contributed by atoms with van der Waals surface area (Å²) in [6.45, 7) is 0.913. The standard InChI is InChI=1S/C18H18NO4/c1-19-5-4-18-11-2-3-13(21)17(18)23-16-14(22)6-9(8-20)10(15(16)18)7-12(11)19/h2-3,6,11-13,17,21-22H,4-5,7H2,1H3/t11-,12+,13-,17-,18-/m0/s1. The zero-order chi connectivity index (χ0) is 15.9. The topological polar surface area (TPSA) is 70.0 Å². The van der Waals surface area contributed by atoms with Gasteiger partial charge in [-0.15, -0.1) is 0 Å². The fraction of sp³-hybridized carbons (Fsp3) is 0.500. The van der Waals surface area contributed by atoms with E-state index in [4.69, 9.17) is 4.74 Å². The number of rotatable bonds is 1. The van der Waals surface area contributed by atoms with Crippen molar-refractivity contribution in [1.82, 2.24) is 4.90 Å². The Bertz CT molecular complexity index is 758. The summed E-state index contributed by atoms with van der Waals surface area (Å²) in [5.41, 5.74) is 1.95. The predicted octanol–water partition coefficient (Wildman–Crippen LogP) is 0.656. The third-order valence-corrected chi connectivity index (χ3v) is 6.39. The van der Waals surface area contributed by atoms with Gasteiger partial charge in [-0.1, -0.05) is 12.2 Å². The van der Waals surface area contributed by atoms with Gasteiger partial charge in [0.15, 0.2) is 11.5 Å². The molecule has 0 aromatic heterocycles. The number of hydrogen-bond acceptors (Lipinski definition) is 5. The highest BCUT2D eigenvalue weighted by atomic mass is 16.5. The fourth-order valence-corrected chi connectivity index (χ4v) is 5.41. The number of aromatic hydroxyl groups is 1. The molecule has 2 aliphatic carbocycles. The number of phenols is 1. The van der Waals surface area contributed by atoms with Crippen molar-refractivity contribution in [2.75, 3.05) is 13.6 Å². The Hall–Kier alpha value is -1.85.